The lowest BCUT2D eigenvalue weighted by atomic mass is 10.2. The van der Waals surface area contributed by atoms with Crippen LogP contribution in [0.3, 0.4) is 0 Å². The van der Waals surface area contributed by atoms with E-state index in [9.17, 15) is 14.9 Å². The molecule has 1 N–H and O–H groups in total. The molecule has 0 unspecified atom stereocenters. The largest absolute Gasteiger partial charge is 0.483 e. The Hall–Kier alpha value is -2.55. The monoisotopic (exact) mass is 248 g/mol. The predicted octanol–water partition coefficient (Wildman–Crippen LogP) is 1.03. The number of nitrogens with zero attached hydrogens (tertiary/aromatic N) is 1. The Bertz CT molecular complexity index is 505. The molecular formula is C12H12N2O4. The Kier molecular flexibility index (Phi) is 4.69. The van der Waals surface area contributed by atoms with E-state index in [1.807, 2.05) is 0 Å². The van der Waals surface area contributed by atoms with Crippen molar-refractivity contribution >= 4 is 11.6 Å². The summed E-state index contributed by atoms with van der Waals surface area (Å²) in [6, 6.07) is 4.22. The van der Waals surface area contributed by atoms with Crippen molar-refractivity contribution in [3.05, 3.63) is 33.9 Å². The number of hydrogen-bond donors (Lipinski definition) is 1. The summed E-state index contributed by atoms with van der Waals surface area (Å²) in [5.41, 5.74) is 0.630. The molecule has 0 spiro atoms. The van der Waals surface area contributed by atoms with E-state index >= 15 is 0 Å². The second kappa shape index (κ2) is 6.25. The maximum Gasteiger partial charge on any atom is 0.273 e. The van der Waals surface area contributed by atoms with Crippen molar-refractivity contribution in [3.63, 3.8) is 0 Å². The number of benzene rings is 1. The normalized spacial score (nSPS) is 9.33. The number of hydrogen-bond acceptors (Lipinski definition) is 4. The number of carbonyl (C=O) groups excluding carboxylic acids is 1. The number of rotatable bonds is 5. The van der Waals surface area contributed by atoms with Crippen LogP contribution in [0, 0.1) is 29.4 Å². The summed E-state index contributed by atoms with van der Waals surface area (Å²) in [6.45, 7) is 1.62. The molecule has 0 saturated heterocycles. The molecule has 0 saturated carbocycles. The summed E-state index contributed by atoms with van der Waals surface area (Å²) in [4.78, 5) is 21.3. The van der Waals surface area contributed by atoms with Crippen LogP contribution in [0.25, 0.3) is 0 Å². The lowest BCUT2D eigenvalue weighted by molar-refractivity contribution is -0.384. The molecule has 1 aromatic rings. The van der Waals surface area contributed by atoms with Gasteiger partial charge in [0.2, 0.25) is 0 Å². The van der Waals surface area contributed by atoms with E-state index < -0.39 is 4.92 Å². The Labute approximate surface area is 104 Å². The van der Waals surface area contributed by atoms with Gasteiger partial charge in [-0.1, -0.05) is 5.92 Å². The SMILES string of the molecule is C#CCNC(=O)COc1cc([N+](=O)[O-])ccc1C. The van der Waals surface area contributed by atoms with Gasteiger partial charge in [0, 0.05) is 6.07 Å². The van der Waals surface area contributed by atoms with Gasteiger partial charge in [-0.15, -0.1) is 6.42 Å². The number of terminal acetylenes is 1. The Balaban J connectivity index is 2.67. The highest BCUT2D eigenvalue weighted by Gasteiger charge is 2.10. The molecule has 0 aromatic heterocycles. The quantitative estimate of drug-likeness (QED) is 0.479. The topological polar surface area (TPSA) is 81.5 Å². The second-order valence-corrected chi connectivity index (χ2v) is 3.48. The molecule has 1 aromatic carbocycles. The number of nitro groups is 1. The highest BCUT2D eigenvalue weighted by atomic mass is 16.6. The number of nitro benzene ring substituents is 1. The maximum atomic E-state index is 11.2. The highest BCUT2D eigenvalue weighted by Crippen LogP contribution is 2.23. The Morgan fingerprint density at radius 1 is 1.61 bits per heavy atom. The molecule has 0 aliphatic carbocycles. The number of non-ortho nitro benzene ring substituents is 1. The van der Waals surface area contributed by atoms with Crippen LogP contribution < -0.4 is 10.1 Å². The van der Waals surface area contributed by atoms with Crippen molar-refractivity contribution in [2.75, 3.05) is 13.2 Å². The van der Waals surface area contributed by atoms with E-state index in [1.54, 1.807) is 13.0 Å². The maximum absolute atomic E-state index is 11.2. The number of carbonyl (C=O) groups is 1. The first-order valence-electron chi connectivity index (χ1n) is 5.12. The number of ether oxygens (including phenoxy) is 1. The van der Waals surface area contributed by atoms with E-state index in [0.717, 1.165) is 0 Å². The van der Waals surface area contributed by atoms with Gasteiger partial charge in [-0.3, -0.25) is 14.9 Å². The third kappa shape index (κ3) is 3.79. The zero-order valence-corrected chi connectivity index (χ0v) is 9.80. The average molecular weight is 248 g/mol. The molecule has 0 fully saturated rings. The van der Waals surface area contributed by atoms with Crippen LogP contribution in [0.4, 0.5) is 5.69 Å². The van der Waals surface area contributed by atoms with E-state index in [-0.39, 0.29) is 24.7 Å². The first-order chi connectivity index (χ1) is 8.54. The molecule has 6 heteroatoms. The van der Waals surface area contributed by atoms with Gasteiger partial charge in [0.05, 0.1) is 17.5 Å². The summed E-state index contributed by atoms with van der Waals surface area (Å²) >= 11 is 0. The summed E-state index contributed by atoms with van der Waals surface area (Å²) in [5.74, 6) is 2.18. The second-order valence-electron chi connectivity index (χ2n) is 3.48. The van der Waals surface area contributed by atoms with Crippen LogP contribution in [0.5, 0.6) is 5.75 Å². The van der Waals surface area contributed by atoms with Gasteiger partial charge in [-0.2, -0.15) is 0 Å². The van der Waals surface area contributed by atoms with Crippen LogP contribution in [0.2, 0.25) is 0 Å². The van der Waals surface area contributed by atoms with Gasteiger partial charge in [-0.25, -0.2) is 0 Å². The van der Waals surface area contributed by atoms with Gasteiger partial charge in [-0.05, 0) is 18.6 Å². The smallest absolute Gasteiger partial charge is 0.273 e. The number of nitrogens with one attached hydrogen (secondary N) is 1. The zero-order valence-electron chi connectivity index (χ0n) is 9.80. The van der Waals surface area contributed by atoms with Gasteiger partial charge >= 0.3 is 0 Å². The van der Waals surface area contributed by atoms with E-state index in [1.165, 1.54) is 12.1 Å². The fourth-order valence-corrected chi connectivity index (χ4v) is 1.20. The van der Waals surface area contributed by atoms with Gasteiger partial charge in [0.15, 0.2) is 6.61 Å². The average Bonchev–Trinajstić information content (AvgIpc) is 2.35. The summed E-state index contributed by atoms with van der Waals surface area (Å²) in [7, 11) is 0. The minimum atomic E-state index is -0.523. The minimum Gasteiger partial charge on any atom is -0.483 e. The molecule has 0 radical (unpaired) electrons. The fourth-order valence-electron chi connectivity index (χ4n) is 1.20. The van der Waals surface area contributed by atoms with Crippen molar-refractivity contribution in [3.8, 4) is 18.1 Å². The van der Waals surface area contributed by atoms with Crippen LogP contribution >= 0.6 is 0 Å². The highest BCUT2D eigenvalue weighted by molar-refractivity contribution is 5.77. The molecule has 1 rings (SSSR count). The fraction of sp³-hybridized carbons (Fsp3) is 0.250. The molecule has 0 heterocycles. The third-order valence-electron chi connectivity index (χ3n) is 2.13. The third-order valence-corrected chi connectivity index (χ3v) is 2.13. The van der Waals surface area contributed by atoms with Crippen molar-refractivity contribution in [2.45, 2.75) is 6.92 Å². The van der Waals surface area contributed by atoms with Crippen molar-refractivity contribution in [1.82, 2.24) is 5.32 Å². The lowest BCUT2D eigenvalue weighted by Gasteiger charge is -2.08. The van der Waals surface area contributed by atoms with Crippen LogP contribution in [0.1, 0.15) is 5.56 Å². The first-order valence-corrected chi connectivity index (χ1v) is 5.12. The summed E-state index contributed by atoms with van der Waals surface area (Å²) in [6.07, 6.45) is 4.98. The molecule has 0 bridgehead atoms. The molecule has 1 amide bonds. The van der Waals surface area contributed by atoms with Crippen LogP contribution in [0.15, 0.2) is 18.2 Å². The molecular weight excluding hydrogens is 236 g/mol. The molecule has 94 valence electrons. The number of aryl methyl sites for hydroxylation is 1. The van der Waals surface area contributed by atoms with Crippen LogP contribution in [-0.2, 0) is 4.79 Å². The van der Waals surface area contributed by atoms with Gasteiger partial charge < -0.3 is 10.1 Å². The van der Waals surface area contributed by atoms with Gasteiger partial charge in [0.1, 0.15) is 5.75 Å². The Morgan fingerprint density at radius 3 is 2.94 bits per heavy atom. The van der Waals surface area contributed by atoms with Crippen molar-refractivity contribution in [2.24, 2.45) is 0 Å². The standard InChI is InChI=1S/C12H12N2O4/c1-3-6-13-12(15)8-18-11-7-10(14(16)17)5-4-9(11)2/h1,4-5,7H,6,8H2,2H3,(H,13,15). The lowest BCUT2D eigenvalue weighted by Crippen LogP contribution is -2.29. The molecule has 0 aliphatic rings. The first kappa shape index (κ1) is 13.5. The van der Waals surface area contributed by atoms with E-state index in [2.05, 4.69) is 11.2 Å². The number of amides is 1. The van der Waals surface area contributed by atoms with Crippen molar-refractivity contribution < 1.29 is 14.5 Å². The Morgan fingerprint density at radius 2 is 2.33 bits per heavy atom. The molecule has 0 aliphatic heterocycles. The summed E-state index contributed by atoms with van der Waals surface area (Å²) < 4.78 is 5.20. The minimum absolute atomic E-state index is 0.0837. The van der Waals surface area contributed by atoms with E-state index in [0.29, 0.717) is 11.3 Å². The molecule has 18 heavy (non-hydrogen) atoms. The van der Waals surface area contributed by atoms with Crippen molar-refractivity contribution in [1.29, 1.82) is 0 Å². The zero-order chi connectivity index (χ0) is 13.5. The van der Waals surface area contributed by atoms with E-state index in [4.69, 9.17) is 11.2 Å². The van der Waals surface area contributed by atoms with Gasteiger partial charge in [0.25, 0.3) is 11.6 Å². The molecule has 0 atom stereocenters. The predicted molar refractivity (Wildman–Crippen MR) is 65.2 cm³/mol. The van der Waals surface area contributed by atoms with Crippen LogP contribution in [-0.4, -0.2) is 24.0 Å². The summed E-state index contributed by atoms with van der Waals surface area (Å²) in [5, 5.41) is 13.0. The molecule has 6 nitrogen and oxygen atoms in total.